The minimum absolute atomic E-state index is 0.659. The van der Waals surface area contributed by atoms with Crippen LogP contribution in [0.4, 0.5) is 0 Å². The van der Waals surface area contributed by atoms with Crippen molar-refractivity contribution in [3.63, 3.8) is 0 Å². The average molecular weight is 380 g/mol. The molecular formula is C15H17IN4. The second kappa shape index (κ2) is 6.86. The van der Waals surface area contributed by atoms with Crippen LogP contribution in [0.25, 0.3) is 0 Å². The topological polar surface area (TPSA) is 53.6 Å². The van der Waals surface area contributed by atoms with E-state index >= 15 is 0 Å². The molecular weight excluding hydrogens is 363 g/mol. The maximum atomic E-state index is 9.70. The molecule has 104 valence electrons. The third kappa shape index (κ3) is 3.38. The first kappa shape index (κ1) is 15.0. The Labute approximate surface area is 132 Å². The van der Waals surface area contributed by atoms with E-state index in [-0.39, 0.29) is 0 Å². The number of halogens is 1. The predicted molar refractivity (Wildman–Crippen MR) is 87.0 cm³/mol. The van der Waals surface area contributed by atoms with Crippen LogP contribution in [0, 0.1) is 14.9 Å². The van der Waals surface area contributed by atoms with E-state index in [9.17, 15) is 5.26 Å². The Kier molecular flexibility index (Phi) is 5.15. The standard InChI is InChI=1S/C15H17IN4/c1-2-18-15(12-17,13-6-4-3-5-7-13)8-9-20-11-14(16)10-19-20/h3-7,10-11,18H,2,8-9H2,1H3. The maximum Gasteiger partial charge on any atom is 0.134 e. The minimum Gasteiger partial charge on any atom is -0.296 e. The number of aryl methyl sites for hydroxylation is 1. The first-order chi connectivity index (χ1) is 9.70. The van der Waals surface area contributed by atoms with Gasteiger partial charge in [0.25, 0.3) is 0 Å². The molecule has 0 radical (unpaired) electrons. The van der Waals surface area contributed by atoms with Crippen molar-refractivity contribution in [2.75, 3.05) is 6.54 Å². The Morgan fingerprint density at radius 3 is 2.70 bits per heavy atom. The fourth-order valence-corrected chi connectivity index (χ4v) is 2.71. The van der Waals surface area contributed by atoms with E-state index in [1.165, 1.54) is 0 Å². The molecule has 1 N–H and O–H groups in total. The van der Waals surface area contributed by atoms with Crippen LogP contribution in [0.1, 0.15) is 18.9 Å². The van der Waals surface area contributed by atoms with Gasteiger partial charge >= 0.3 is 0 Å². The molecule has 1 atom stereocenters. The zero-order valence-corrected chi connectivity index (χ0v) is 13.5. The van der Waals surface area contributed by atoms with Crippen molar-refractivity contribution in [2.24, 2.45) is 0 Å². The van der Waals surface area contributed by atoms with Crippen molar-refractivity contribution in [3.05, 3.63) is 51.9 Å². The highest BCUT2D eigenvalue weighted by atomic mass is 127. The zero-order valence-electron chi connectivity index (χ0n) is 11.4. The summed E-state index contributed by atoms with van der Waals surface area (Å²) >= 11 is 2.23. The van der Waals surface area contributed by atoms with Crippen LogP contribution in [-0.4, -0.2) is 16.3 Å². The zero-order chi connectivity index (χ0) is 14.4. The van der Waals surface area contributed by atoms with Crippen LogP contribution in [0.15, 0.2) is 42.7 Å². The molecule has 0 amide bonds. The summed E-state index contributed by atoms with van der Waals surface area (Å²) in [6, 6.07) is 12.4. The molecule has 4 nitrogen and oxygen atoms in total. The number of nitrogens with one attached hydrogen (secondary N) is 1. The second-order valence-electron chi connectivity index (χ2n) is 4.59. The van der Waals surface area contributed by atoms with Gasteiger partial charge in [-0.05, 0) is 34.7 Å². The summed E-state index contributed by atoms with van der Waals surface area (Å²) in [4.78, 5) is 0. The molecule has 1 aromatic carbocycles. The van der Waals surface area contributed by atoms with Crippen LogP contribution >= 0.6 is 22.6 Å². The van der Waals surface area contributed by atoms with E-state index in [2.05, 4.69) is 39.1 Å². The van der Waals surface area contributed by atoms with Gasteiger partial charge in [0.05, 0.1) is 15.8 Å². The molecule has 2 aromatic rings. The molecule has 0 fully saturated rings. The Balaban J connectivity index is 2.21. The van der Waals surface area contributed by atoms with E-state index in [0.29, 0.717) is 13.0 Å². The Hall–Kier alpha value is -1.39. The van der Waals surface area contributed by atoms with Crippen LogP contribution < -0.4 is 5.32 Å². The van der Waals surface area contributed by atoms with Gasteiger partial charge in [0.15, 0.2) is 0 Å². The van der Waals surface area contributed by atoms with Crippen molar-refractivity contribution >= 4 is 22.6 Å². The molecule has 1 aromatic heterocycles. The van der Waals surface area contributed by atoms with Crippen LogP contribution in [-0.2, 0) is 12.1 Å². The fraction of sp³-hybridized carbons (Fsp3) is 0.333. The first-order valence-electron chi connectivity index (χ1n) is 6.60. The Bertz CT molecular complexity index is 587. The van der Waals surface area contributed by atoms with E-state index in [1.807, 2.05) is 54.3 Å². The number of nitrogens with zero attached hydrogens (tertiary/aromatic N) is 3. The number of rotatable bonds is 6. The molecule has 0 saturated heterocycles. The highest BCUT2D eigenvalue weighted by molar-refractivity contribution is 14.1. The van der Waals surface area contributed by atoms with Gasteiger partial charge in [-0.15, -0.1) is 0 Å². The normalized spacial score (nSPS) is 13.7. The Morgan fingerprint density at radius 1 is 1.40 bits per heavy atom. The van der Waals surface area contributed by atoms with Crippen LogP contribution in [0.2, 0.25) is 0 Å². The summed E-state index contributed by atoms with van der Waals surface area (Å²) in [7, 11) is 0. The van der Waals surface area contributed by atoms with Crippen molar-refractivity contribution in [1.29, 1.82) is 5.26 Å². The molecule has 0 aliphatic carbocycles. The van der Waals surface area contributed by atoms with Crippen molar-refractivity contribution in [3.8, 4) is 6.07 Å². The van der Waals surface area contributed by atoms with Gasteiger partial charge in [-0.2, -0.15) is 10.4 Å². The Morgan fingerprint density at radius 2 is 2.15 bits per heavy atom. The summed E-state index contributed by atoms with van der Waals surface area (Å²) in [5.74, 6) is 0. The quantitative estimate of drug-likeness (QED) is 0.785. The highest BCUT2D eigenvalue weighted by Crippen LogP contribution is 2.25. The molecule has 2 rings (SSSR count). The molecule has 1 heterocycles. The van der Waals surface area contributed by atoms with Crippen LogP contribution in [0.3, 0.4) is 0 Å². The minimum atomic E-state index is -0.659. The van der Waals surface area contributed by atoms with E-state index in [1.54, 1.807) is 0 Å². The second-order valence-corrected chi connectivity index (χ2v) is 5.83. The van der Waals surface area contributed by atoms with Gasteiger partial charge in [-0.3, -0.25) is 10.00 Å². The van der Waals surface area contributed by atoms with E-state index in [0.717, 1.165) is 15.7 Å². The van der Waals surface area contributed by atoms with Crippen LogP contribution in [0.5, 0.6) is 0 Å². The van der Waals surface area contributed by atoms with E-state index < -0.39 is 5.54 Å². The van der Waals surface area contributed by atoms with Crippen molar-refractivity contribution in [2.45, 2.75) is 25.4 Å². The van der Waals surface area contributed by atoms with Gasteiger partial charge in [-0.1, -0.05) is 37.3 Å². The predicted octanol–water partition coefficient (Wildman–Crippen LogP) is 2.91. The number of hydrogen-bond donors (Lipinski definition) is 1. The lowest BCUT2D eigenvalue weighted by atomic mass is 9.88. The molecule has 20 heavy (non-hydrogen) atoms. The van der Waals surface area contributed by atoms with Gasteiger partial charge < -0.3 is 0 Å². The van der Waals surface area contributed by atoms with Crippen molar-refractivity contribution < 1.29 is 0 Å². The summed E-state index contributed by atoms with van der Waals surface area (Å²) in [5, 5.41) is 17.3. The fourth-order valence-electron chi connectivity index (χ4n) is 2.26. The molecule has 0 saturated carbocycles. The monoisotopic (exact) mass is 380 g/mol. The number of benzene rings is 1. The maximum absolute atomic E-state index is 9.70. The highest BCUT2D eigenvalue weighted by Gasteiger charge is 2.30. The van der Waals surface area contributed by atoms with Gasteiger partial charge in [0, 0.05) is 19.2 Å². The molecule has 1 unspecified atom stereocenters. The molecule has 0 aliphatic rings. The first-order valence-corrected chi connectivity index (χ1v) is 7.68. The smallest absolute Gasteiger partial charge is 0.134 e. The average Bonchev–Trinajstić information content (AvgIpc) is 2.90. The number of aromatic nitrogens is 2. The van der Waals surface area contributed by atoms with E-state index in [4.69, 9.17) is 0 Å². The summed E-state index contributed by atoms with van der Waals surface area (Å²) in [6.45, 7) is 3.48. The lowest BCUT2D eigenvalue weighted by Crippen LogP contribution is -2.42. The SMILES string of the molecule is CCNC(C#N)(CCn1cc(I)cn1)c1ccccc1. The number of nitriles is 1. The molecule has 0 spiro atoms. The molecule has 0 bridgehead atoms. The van der Waals surface area contributed by atoms with Gasteiger partial charge in [-0.25, -0.2) is 0 Å². The molecule has 5 heteroatoms. The largest absolute Gasteiger partial charge is 0.296 e. The molecule has 0 aliphatic heterocycles. The third-order valence-corrected chi connectivity index (χ3v) is 3.81. The summed E-state index contributed by atoms with van der Waals surface area (Å²) in [5.41, 5.74) is 0.346. The van der Waals surface area contributed by atoms with Gasteiger partial charge in [0.1, 0.15) is 5.54 Å². The number of hydrogen-bond acceptors (Lipinski definition) is 3. The third-order valence-electron chi connectivity index (χ3n) is 3.25. The lowest BCUT2D eigenvalue weighted by Gasteiger charge is -2.28. The summed E-state index contributed by atoms with van der Waals surface area (Å²) in [6.07, 6.45) is 4.49. The summed E-state index contributed by atoms with van der Waals surface area (Å²) < 4.78 is 2.99. The van der Waals surface area contributed by atoms with Crippen molar-refractivity contribution in [1.82, 2.24) is 15.1 Å². The lowest BCUT2D eigenvalue weighted by molar-refractivity contribution is 0.372. The van der Waals surface area contributed by atoms with Gasteiger partial charge in [0.2, 0.25) is 0 Å².